The van der Waals surface area contributed by atoms with Gasteiger partial charge in [-0.15, -0.1) is 0 Å². The molecule has 0 aliphatic carbocycles. The Morgan fingerprint density at radius 1 is 1.50 bits per heavy atom. The topological polar surface area (TPSA) is 38.5 Å². The van der Waals surface area contributed by atoms with Gasteiger partial charge in [0, 0.05) is 26.2 Å². The molecule has 0 aliphatic heterocycles. The van der Waals surface area contributed by atoms with Gasteiger partial charge in [0.1, 0.15) is 0 Å². The van der Waals surface area contributed by atoms with Gasteiger partial charge in [0.2, 0.25) is 0 Å². The average molecular weight is 220 g/mol. The van der Waals surface area contributed by atoms with E-state index in [1.165, 1.54) is 18.6 Å². The van der Waals surface area contributed by atoms with Crippen molar-refractivity contribution in [2.45, 2.75) is 18.9 Å². The summed E-state index contributed by atoms with van der Waals surface area (Å²) in [5.74, 6) is 1.23. The minimum atomic E-state index is 0.511. The lowest BCUT2D eigenvalue weighted by atomic mass is 10.1. The minimum Gasteiger partial charge on any atom is -0.383 e. The van der Waals surface area contributed by atoms with Gasteiger partial charge in [-0.3, -0.25) is 4.90 Å². The SMILES string of the molecule is COCCN(C)C(CN)CCCSC. The molecule has 0 saturated heterocycles. The van der Waals surface area contributed by atoms with E-state index in [9.17, 15) is 0 Å². The molecule has 1 unspecified atom stereocenters. The van der Waals surface area contributed by atoms with Crippen molar-refractivity contribution in [3.05, 3.63) is 0 Å². The Kier molecular flexibility index (Phi) is 9.93. The predicted molar refractivity (Wildman–Crippen MR) is 65.0 cm³/mol. The highest BCUT2D eigenvalue weighted by Crippen LogP contribution is 2.07. The quantitative estimate of drug-likeness (QED) is 0.589. The summed E-state index contributed by atoms with van der Waals surface area (Å²) in [7, 11) is 3.86. The number of nitrogens with zero attached hydrogens (tertiary/aromatic N) is 1. The summed E-state index contributed by atoms with van der Waals surface area (Å²) in [6.07, 6.45) is 4.59. The lowest BCUT2D eigenvalue weighted by Gasteiger charge is -2.26. The van der Waals surface area contributed by atoms with E-state index in [1.807, 2.05) is 11.8 Å². The first-order chi connectivity index (χ1) is 6.76. The molecule has 0 amide bonds. The summed E-state index contributed by atoms with van der Waals surface area (Å²) >= 11 is 1.90. The van der Waals surface area contributed by atoms with Gasteiger partial charge < -0.3 is 10.5 Å². The Balaban J connectivity index is 3.62. The second-order valence-corrected chi connectivity index (χ2v) is 4.48. The molecule has 0 radical (unpaired) electrons. The van der Waals surface area contributed by atoms with E-state index in [-0.39, 0.29) is 0 Å². The van der Waals surface area contributed by atoms with Crippen molar-refractivity contribution in [1.82, 2.24) is 4.90 Å². The van der Waals surface area contributed by atoms with Gasteiger partial charge in [-0.05, 0) is 31.9 Å². The number of hydrogen-bond donors (Lipinski definition) is 1. The second-order valence-electron chi connectivity index (χ2n) is 3.50. The zero-order chi connectivity index (χ0) is 10.8. The first kappa shape index (κ1) is 14.2. The largest absolute Gasteiger partial charge is 0.383 e. The highest BCUT2D eigenvalue weighted by Gasteiger charge is 2.11. The summed E-state index contributed by atoms with van der Waals surface area (Å²) in [6, 6.07) is 0.511. The molecule has 0 spiro atoms. The van der Waals surface area contributed by atoms with E-state index in [0.717, 1.165) is 19.7 Å². The highest BCUT2D eigenvalue weighted by molar-refractivity contribution is 7.98. The van der Waals surface area contributed by atoms with Crippen molar-refractivity contribution in [3.8, 4) is 0 Å². The zero-order valence-corrected chi connectivity index (χ0v) is 10.5. The van der Waals surface area contributed by atoms with Crippen LogP contribution < -0.4 is 5.73 Å². The zero-order valence-electron chi connectivity index (χ0n) is 9.66. The molecule has 0 aromatic heterocycles. The molecule has 3 nitrogen and oxygen atoms in total. The Morgan fingerprint density at radius 2 is 2.21 bits per heavy atom. The smallest absolute Gasteiger partial charge is 0.0589 e. The van der Waals surface area contributed by atoms with Crippen LogP contribution in [0.1, 0.15) is 12.8 Å². The third kappa shape index (κ3) is 6.65. The maximum Gasteiger partial charge on any atom is 0.0589 e. The van der Waals surface area contributed by atoms with Gasteiger partial charge in [-0.1, -0.05) is 0 Å². The van der Waals surface area contributed by atoms with Crippen LogP contribution in [0, 0.1) is 0 Å². The van der Waals surface area contributed by atoms with E-state index in [1.54, 1.807) is 7.11 Å². The number of nitrogens with two attached hydrogens (primary N) is 1. The fourth-order valence-corrected chi connectivity index (χ4v) is 1.85. The van der Waals surface area contributed by atoms with Crippen LogP contribution in [0.4, 0.5) is 0 Å². The molecule has 0 aliphatic rings. The van der Waals surface area contributed by atoms with Crippen molar-refractivity contribution < 1.29 is 4.74 Å². The van der Waals surface area contributed by atoms with E-state index >= 15 is 0 Å². The average Bonchev–Trinajstić information content (AvgIpc) is 2.21. The first-order valence-electron chi connectivity index (χ1n) is 5.14. The van der Waals surface area contributed by atoms with E-state index in [4.69, 9.17) is 10.5 Å². The van der Waals surface area contributed by atoms with E-state index < -0.39 is 0 Å². The number of likely N-dealkylation sites (N-methyl/N-ethyl adjacent to an activating group) is 1. The number of rotatable bonds is 9. The maximum absolute atomic E-state index is 5.74. The number of ether oxygens (including phenoxy) is 1. The van der Waals surface area contributed by atoms with Crippen LogP contribution in [0.15, 0.2) is 0 Å². The molecule has 0 aromatic rings. The van der Waals surface area contributed by atoms with E-state index in [2.05, 4.69) is 18.2 Å². The van der Waals surface area contributed by atoms with Crippen LogP contribution in [-0.2, 0) is 4.74 Å². The molecule has 0 aromatic carbocycles. The Labute approximate surface area is 92.4 Å². The lowest BCUT2D eigenvalue weighted by molar-refractivity contribution is 0.137. The van der Waals surface area contributed by atoms with Gasteiger partial charge in [0.15, 0.2) is 0 Å². The van der Waals surface area contributed by atoms with Crippen LogP contribution >= 0.6 is 11.8 Å². The third-order valence-corrected chi connectivity index (χ3v) is 3.13. The Hall–Kier alpha value is 0.230. The number of hydrogen-bond acceptors (Lipinski definition) is 4. The Bertz CT molecular complexity index is 125. The summed E-state index contributed by atoms with van der Waals surface area (Å²) in [5, 5.41) is 0. The van der Waals surface area contributed by atoms with Crippen molar-refractivity contribution in [3.63, 3.8) is 0 Å². The fraction of sp³-hybridized carbons (Fsp3) is 1.00. The fourth-order valence-electron chi connectivity index (χ4n) is 1.40. The molecule has 4 heteroatoms. The van der Waals surface area contributed by atoms with E-state index in [0.29, 0.717) is 6.04 Å². The van der Waals surface area contributed by atoms with Crippen molar-refractivity contribution >= 4 is 11.8 Å². The van der Waals surface area contributed by atoms with Gasteiger partial charge in [-0.25, -0.2) is 0 Å². The molecule has 86 valence electrons. The summed E-state index contributed by atoms with van der Waals surface area (Å²) in [4.78, 5) is 2.30. The van der Waals surface area contributed by atoms with Crippen molar-refractivity contribution in [1.29, 1.82) is 0 Å². The van der Waals surface area contributed by atoms with Crippen LogP contribution in [0.3, 0.4) is 0 Å². The molecule has 14 heavy (non-hydrogen) atoms. The number of thioether (sulfide) groups is 1. The molecule has 0 rings (SSSR count). The molecule has 0 bridgehead atoms. The predicted octanol–water partition coefficient (Wildman–Crippen LogP) is 1.04. The molecule has 0 heterocycles. The van der Waals surface area contributed by atoms with Gasteiger partial charge in [0.25, 0.3) is 0 Å². The normalized spacial score (nSPS) is 13.5. The van der Waals surface area contributed by atoms with Crippen molar-refractivity contribution in [2.24, 2.45) is 5.73 Å². The summed E-state index contributed by atoms with van der Waals surface area (Å²) in [5.41, 5.74) is 5.74. The maximum atomic E-state index is 5.74. The standard InChI is InChI=1S/C10H24N2OS/c1-12(6-7-13-2)10(9-11)5-4-8-14-3/h10H,4-9,11H2,1-3H3. The lowest BCUT2D eigenvalue weighted by Crippen LogP contribution is -2.39. The molecule has 2 N–H and O–H groups in total. The van der Waals surface area contributed by atoms with Crippen LogP contribution in [0.5, 0.6) is 0 Å². The summed E-state index contributed by atoms with van der Waals surface area (Å²) < 4.78 is 5.05. The monoisotopic (exact) mass is 220 g/mol. The summed E-state index contributed by atoms with van der Waals surface area (Å²) in [6.45, 7) is 2.50. The molecular weight excluding hydrogens is 196 g/mol. The van der Waals surface area contributed by atoms with Crippen molar-refractivity contribution in [2.75, 3.05) is 45.9 Å². The third-order valence-electron chi connectivity index (χ3n) is 2.43. The minimum absolute atomic E-state index is 0.511. The van der Waals surface area contributed by atoms with Gasteiger partial charge in [0.05, 0.1) is 6.61 Å². The Morgan fingerprint density at radius 3 is 2.71 bits per heavy atom. The first-order valence-corrected chi connectivity index (χ1v) is 6.53. The van der Waals surface area contributed by atoms with Gasteiger partial charge in [-0.2, -0.15) is 11.8 Å². The molecule has 1 atom stereocenters. The molecule has 0 saturated carbocycles. The second kappa shape index (κ2) is 9.77. The highest BCUT2D eigenvalue weighted by atomic mass is 32.2. The van der Waals surface area contributed by atoms with Crippen LogP contribution in [-0.4, -0.2) is 56.8 Å². The number of methoxy groups -OCH3 is 1. The molecule has 0 fully saturated rings. The molecular formula is C10H24N2OS. The van der Waals surface area contributed by atoms with Gasteiger partial charge >= 0.3 is 0 Å². The van der Waals surface area contributed by atoms with Crippen LogP contribution in [0.2, 0.25) is 0 Å². The van der Waals surface area contributed by atoms with Crippen LogP contribution in [0.25, 0.3) is 0 Å².